The number of imidazole rings is 1. The molecule has 1 aliphatic rings. The summed E-state index contributed by atoms with van der Waals surface area (Å²) in [5.41, 5.74) is 0.981. The monoisotopic (exact) mass is 380 g/mol. The second kappa shape index (κ2) is 7.07. The molecule has 1 aliphatic carbocycles. The first kappa shape index (κ1) is 18.2. The maximum absolute atomic E-state index is 10.3. The number of aliphatic hydroxyl groups is 2. The van der Waals surface area contributed by atoms with Crippen LogP contribution in [0.25, 0.3) is 11.2 Å². The van der Waals surface area contributed by atoms with E-state index in [1.165, 1.54) is 11.1 Å². The van der Waals surface area contributed by atoms with E-state index >= 15 is 0 Å². The summed E-state index contributed by atoms with van der Waals surface area (Å²) in [5.74, 6) is 0. The molecule has 0 radical (unpaired) electrons. The van der Waals surface area contributed by atoms with Gasteiger partial charge in [-0.25, -0.2) is 9.97 Å². The zero-order chi connectivity index (χ0) is 19.7. The van der Waals surface area contributed by atoms with Crippen LogP contribution in [0.4, 0.5) is 0 Å². The van der Waals surface area contributed by atoms with Crippen LogP contribution in [0.2, 0.25) is 0 Å². The predicted molar refractivity (Wildman–Crippen MR) is 98.3 cm³/mol. The Morgan fingerprint density at radius 2 is 2.11 bits per heavy atom. The largest absolute Gasteiger partial charge is 0.406 e. The van der Waals surface area contributed by atoms with Crippen molar-refractivity contribution in [1.29, 1.82) is 5.26 Å². The highest BCUT2D eigenvalue weighted by molar-refractivity contribution is 5.69. The Morgan fingerprint density at radius 3 is 2.79 bits per heavy atom. The van der Waals surface area contributed by atoms with E-state index in [-0.39, 0.29) is 18.1 Å². The van der Waals surface area contributed by atoms with E-state index in [1.807, 2.05) is 30.3 Å². The van der Waals surface area contributed by atoms with Gasteiger partial charge in [-0.3, -0.25) is 0 Å². The molecule has 9 nitrogen and oxygen atoms in total. The summed E-state index contributed by atoms with van der Waals surface area (Å²) in [6.07, 6.45) is 4.78. The van der Waals surface area contributed by atoms with Gasteiger partial charge in [0, 0.05) is 6.04 Å². The van der Waals surface area contributed by atoms with Gasteiger partial charge in [0.15, 0.2) is 11.2 Å². The minimum atomic E-state index is -1.16. The number of aliphatic hydroxyl groups excluding tert-OH is 1. The molecule has 0 saturated heterocycles. The molecule has 0 bridgehead atoms. The third-order valence-electron chi connectivity index (χ3n) is 5.10. The standard InChI is InChI=1S/C19H20N6O3/c1-19(27)8-14(7-15(19)26)24-11-22-16-17(24)23-12-25(18(16)21-10-20)28-9-13-5-3-2-4-6-13/h2-6,11-12,14-15,26-27H,7-9H2,1H3/t14-,15-,19-/m0/s1. The minimum absolute atomic E-state index is 0.154. The van der Waals surface area contributed by atoms with Crippen molar-refractivity contribution in [1.82, 2.24) is 19.3 Å². The normalized spacial score (nSPS) is 25.1. The highest BCUT2D eigenvalue weighted by atomic mass is 16.7. The summed E-state index contributed by atoms with van der Waals surface area (Å²) >= 11 is 0. The Kier molecular flexibility index (Phi) is 4.58. The lowest BCUT2D eigenvalue weighted by atomic mass is 10.0. The van der Waals surface area contributed by atoms with Gasteiger partial charge >= 0.3 is 0 Å². The molecule has 2 aromatic heterocycles. The van der Waals surface area contributed by atoms with Crippen molar-refractivity contribution in [2.75, 3.05) is 0 Å². The molecule has 144 valence electrons. The first-order valence-electron chi connectivity index (χ1n) is 8.94. The first-order valence-corrected chi connectivity index (χ1v) is 8.94. The van der Waals surface area contributed by atoms with Crippen molar-refractivity contribution in [3.05, 3.63) is 54.0 Å². The van der Waals surface area contributed by atoms with Gasteiger partial charge in [-0.15, -0.1) is 4.99 Å². The lowest BCUT2D eigenvalue weighted by molar-refractivity contribution is -0.0385. The van der Waals surface area contributed by atoms with Gasteiger partial charge in [0.1, 0.15) is 12.9 Å². The third kappa shape index (κ3) is 3.24. The van der Waals surface area contributed by atoms with Crippen LogP contribution in [0, 0.1) is 11.5 Å². The van der Waals surface area contributed by atoms with Crippen LogP contribution in [0.5, 0.6) is 0 Å². The molecule has 3 aromatic rings. The number of aromatic nitrogens is 4. The highest BCUT2D eigenvalue weighted by Crippen LogP contribution is 2.38. The highest BCUT2D eigenvalue weighted by Gasteiger charge is 2.42. The number of hydrogen-bond donors (Lipinski definition) is 2. The zero-order valence-corrected chi connectivity index (χ0v) is 15.3. The van der Waals surface area contributed by atoms with Crippen LogP contribution in [-0.4, -0.2) is 41.2 Å². The van der Waals surface area contributed by atoms with E-state index < -0.39 is 11.7 Å². The van der Waals surface area contributed by atoms with E-state index in [9.17, 15) is 10.2 Å². The van der Waals surface area contributed by atoms with E-state index in [4.69, 9.17) is 10.1 Å². The topological polar surface area (TPSA) is 121 Å². The lowest BCUT2D eigenvalue weighted by Gasteiger charge is -2.20. The number of nitrogens with zero attached hydrogens (tertiary/aromatic N) is 6. The summed E-state index contributed by atoms with van der Waals surface area (Å²) in [7, 11) is 0. The van der Waals surface area contributed by atoms with Crippen molar-refractivity contribution in [3.63, 3.8) is 0 Å². The van der Waals surface area contributed by atoms with Crippen LogP contribution in [0.3, 0.4) is 0 Å². The molecule has 0 spiro atoms. The average molecular weight is 380 g/mol. The third-order valence-corrected chi connectivity index (χ3v) is 5.10. The Morgan fingerprint density at radius 1 is 1.32 bits per heavy atom. The average Bonchev–Trinajstić information content (AvgIpc) is 3.22. The van der Waals surface area contributed by atoms with Crippen LogP contribution in [0.15, 0.2) is 48.0 Å². The van der Waals surface area contributed by atoms with Crippen LogP contribution < -0.4 is 10.3 Å². The summed E-state index contributed by atoms with van der Waals surface area (Å²) in [4.78, 5) is 18.4. The molecular weight excluding hydrogens is 360 g/mol. The summed E-state index contributed by atoms with van der Waals surface area (Å²) < 4.78 is 3.13. The molecule has 1 fully saturated rings. The Labute approximate surface area is 160 Å². The second-order valence-corrected chi connectivity index (χ2v) is 7.16. The summed E-state index contributed by atoms with van der Waals surface area (Å²) in [6, 6.07) is 9.46. The summed E-state index contributed by atoms with van der Waals surface area (Å²) in [6.45, 7) is 1.90. The fourth-order valence-corrected chi connectivity index (χ4v) is 3.56. The van der Waals surface area contributed by atoms with Gasteiger partial charge in [0.2, 0.25) is 11.7 Å². The van der Waals surface area contributed by atoms with Gasteiger partial charge < -0.3 is 19.6 Å². The summed E-state index contributed by atoms with van der Waals surface area (Å²) in [5, 5.41) is 29.4. The lowest BCUT2D eigenvalue weighted by Crippen LogP contribution is -2.33. The maximum atomic E-state index is 10.3. The number of rotatable bonds is 4. The van der Waals surface area contributed by atoms with Gasteiger partial charge in [0.05, 0.1) is 18.0 Å². The fourth-order valence-electron chi connectivity index (χ4n) is 3.56. The quantitative estimate of drug-likeness (QED) is 0.642. The van der Waals surface area contributed by atoms with Crippen LogP contribution >= 0.6 is 0 Å². The van der Waals surface area contributed by atoms with Crippen LogP contribution in [-0.2, 0) is 6.61 Å². The molecular formula is C19H20N6O3. The second-order valence-electron chi connectivity index (χ2n) is 7.16. The van der Waals surface area contributed by atoms with Gasteiger partial charge in [0.25, 0.3) is 0 Å². The van der Waals surface area contributed by atoms with E-state index in [1.54, 1.807) is 24.0 Å². The Bertz CT molecular complexity index is 1100. The molecule has 0 unspecified atom stereocenters. The molecule has 28 heavy (non-hydrogen) atoms. The van der Waals surface area contributed by atoms with Crippen molar-refractivity contribution < 1.29 is 15.1 Å². The fraction of sp³-hybridized carbons (Fsp3) is 0.368. The number of benzene rings is 1. The molecule has 4 rings (SSSR count). The zero-order valence-electron chi connectivity index (χ0n) is 15.3. The molecule has 9 heteroatoms. The number of hydrogen-bond acceptors (Lipinski definition) is 7. The Hall–Kier alpha value is -3.22. The maximum Gasteiger partial charge on any atom is 0.211 e. The van der Waals surface area contributed by atoms with E-state index in [0.717, 1.165) is 5.56 Å². The minimum Gasteiger partial charge on any atom is -0.406 e. The number of nitriles is 1. The SMILES string of the molecule is C[C@]1(O)C[C@@H](n2cnc3c(=NC#N)n(OCc4ccccc4)cnc32)C[C@@H]1O. The number of fused-ring (bicyclic) bond motifs is 1. The molecule has 2 N–H and O–H groups in total. The smallest absolute Gasteiger partial charge is 0.211 e. The Balaban J connectivity index is 1.70. The van der Waals surface area contributed by atoms with Gasteiger partial charge in [-0.1, -0.05) is 30.3 Å². The molecule has 1 aromatic carbocycles. The van der Waals surface area contributed by atoms with Crippen molar-refractivity contribution >= 4 is 11.2 Å². The van der Waals surface area contributed by atoms with E-state index in [0.29, 0.717) is 24.0 Å². The van der Waals surface area contributed by atoms with Crippen molar-refractivity contribution in [3.8, 4) is 6.19 Å². The molecule has 0 aliphatic heterocycles. The molecule has 0 amide bonds. The van der Waals surface area contributed by atoms with Gasteiger partial charge in [-0.05, 0) is 25.3 Å². The van der Waals surface area contributed by atoms with Crippen molar-refractivity contribution in [2.45, 2.75) is 44.1 Å². The van der Waals surface area contributed by atoms with Crippen LogP contribution in [0.1, 0.15) is 31.4 Å². The molecule has 2 heterocycles. The molecule has 1 saturated carbocycles. The van der Waals surface area contributed by atoms with Crippen molar-refractivity contribution in [2.24, 2.45) is 4.99 Å². The van der Waals surface area contributed by atoms with E-state index in [2.05, 4.69) is 15.0 Å². The molecule has 3 atom stereocenters. The first-order chi connectivity index (χ1) is 13.5. The predicted octanol–water partition coefficient (Wildman–Crippen LogP) is 0.690. The van der Waals surface area contributed by atoms with Gasteiger partial charge in [-0.2, -0.15) is 9.99 Å².